The van der Waals surface area contributed by atoms with Gasteiger partial charge in [-0.25, -0.2) is 0 Å². The van der Waals surface area contributed by atoms with Crippen molar-refractivity contribution in [2.45, 2.75) is 37.6 Å². The molecule has 5 heteroatoms. The van der Waals surface area contributed by atoms with Gasteiger partial charge in [-0.05, 0) is 38.6 Å². The van der Waals surface area contributed by atoms with Crippen LogP contribution in [-0.2, 0) is 14.2 Å². The van der Waals surface area contributed by atoms with Gasteiger partial charge in [-0.3, -0.25) is 0 Å². The van der Waals surface area contributed by atoms with Gasteiger partial charge >= 0.3 is 0 Å². The van der Waals surface area contributed by atoms with E-state index < -0.39 is 0 Å². The SMILES string of the molecule is CNC1(CO)CCCC1CCOCCCOCCOC. The smallest absolute Gasteiger partial charge is 0.0700 e. The summed E-state index contributed by atoms with van der Waals surface area (Å²) in [5.74, 6) is 0.524. The van der Waals surface area contributed by atoms with Crippen molar-refractivity contribution < 1.29 is 19.3 Å². The molecular formula is C15H31NO4. The van der Waals surface area contributed by atoms with Crippen molar-refractivity contribution in [1.29, 1.82) is 0 Å². The van der Waals surface area contributed by atoms with Crippen LogP contribution in [0.15, 0.2) is 0 Å². The minimum atomic E-state index is -0.0768. The molecule has 0 spiro atoms. The number of aliphatic hydroxyl groups is 1. The van der Waals surface area contributed by atoms with Crippen LogP contribution in [-0.4, -0.2) is 64.4 Å². The third-order valence-electron chi connectivity index (χ3n) is 4.36. The van der Waals surface area contributed by atoms with Crippen LogP contribution in [0.25, 0.3) is 0 Å². The Morgan fingerprint density at radius 3 is 2.55 bits per heavy atom. The molecule has 0 radical (unpaired) electrons. The Morgan fingerprint density at radius 2 is 1.90 bits per heavy atom. The van der Waals surface area contributed by atoms with E-state index in [1.54, 1.807) is 7.11 Å². The van der Waals surface area contributed by atoms with Gasteiger partial charge in [0, 0.05) is 32.5 Å². The van der Waals surface area contributed by atoms with E-state index in [1.165, 1.54) is 12.8 Å². The number of nitrogens with one attached hydrogen (secondary N) is 1. The monoisotopic (exact) mass is 289 g/mol. The number of likely N-dealkylation sites (N-methyl/N-ethyl adjacent to an activating group) is 1. The quantitative estimate of drug-likeness (QED) is 0.529. The molecule has 2 atom stereocenters. The molecule has 0 heterocycles. The first kappa shape index (κ1) is 17.9. The summed E-state index contributed by atoms with van der Waals surface area (Å²) in [5.41, 5.74) is -0.0768. The third kappa shape index (κ3) is 5.66. The van der Waals surface area contributed by atoms with Crippen LogP contribution >= 0.6 is 0 Å². The van der Waals surface area contributed by atoms with Gasteiger partial charge in [-0.2, -0.15) is 0 Å². The molecule has 0 bridgehead atoms. The molecule has 20 heavy (non-hydrogen) atoms. The molecule has 1 saturated carbocycles. The van der Waals surface area contributed by atoms with E-state index in [-0.39, 0.29) is 12.1 Å². The zero-order chi connectivity index (χ0) is 14.7. The highest BCUT2D eigenvalue weighted by atomic mass is 16.5. The molecule has 0 aliphatic heterocycles. The van der Waals surface area contributed by atoms with Gasteiger partial charge < -0.3 is 24.6 Å². The predicted octanol–water partition coefficient (Wildman–Crippen LogP) is 1.20. The van der Waals surface area contributed by atoms with Crippen molar-refractivity contribution in [3.05, 3.63) is 0 Å². The van der Waals surface area contributed by atoms with Crippen LogP contribution in [0.4, 0.5) is 0 Å². The largest absolute Gasteiger partial charge is 0.394 e. The van der Waals surface area contributed by atoms with Crippen LogP contribution in [0.5, 0.6) is 0 Å². The molecule has 1 aliphatic carbocycles. The first-order chi connectivity index (χ1) is 9.79. The van der Waals surface area contributed by atoms with E-state index in [1.807, 2.05) is 7.05 Å². The van der Waals surface area contributed by atoms with Gasteiger partial charge in [0.05, 0.1) is 19.8 Å². The number of rotatable bonds is 12. The summed E-state index contributed by atoms with van der Waals surface area (Å²) >= 11 is 0. The molecule has 2 unspecified atom stereocenters. The van der Waals surface area contributed by atoms with Crippen molar-refractivity contribution >= 4 is 0 Å². The fourth-order valence-electron chi connectivity index (χ4n) is 3.02. The number of hydrogen-bond donors (Lipinski definition) is 2. The lowest BCUT2D eigenvalue weighted by Gasteiger charge is -2.33. The van der Waals surface area contributed by atoms with Gasteiger partial charge in [0.15, 0.2) is 0 Å². The van der Waals surface area contributed by atoms with Gasteiger partial charge in [0.25, 0.3) is 0 Å². The van der Waals surface area contributed by atoms with Crippen LogP contribution < -0.4 is 5.32 Å². The summed E-state index contributed by atoms with van der Waals surface area (Å²) in [6.07, 6.45) is 5.39. The summed E-state index contributed by atoms with van der Waals surface area (Å²) < 4.78 is 15.9. The van der Waals surface area contributed by atoms with Crippen molar-refractivity contribution in [3.63, 3.8) is 0 Å². The maximum Gasteiger partial charge on any atom is 0.0700 e. The van der Waals surface area contributed by atoms with E-state index in [9.17, 15) is 5.11 Å². The molecule has 1 aliphatic rings. The lowest BCUT2D eigenvalue weighted by molar-refractivity contribution is 0.0446. The fourth-order valence-corrected chi connectivity index (χ4v) is 3.02. The summed E-state index contributed by atoms with van der Waals surface area (Å²) in [6, 6.07) is 0. The number of ether oxygens (including phenoxy) is 3. The summed E-state index contributed by atoms with van der Waals surface area (Å²) in [6.45, 7) is 3.76. The van der Waals surface area contributed by atoms with Crippen molar-refractivity contribution in [2.75, 3.05) is 53.8 Å². The van der Waals surface area contributed by atoms with Crippen molar-refractivity contribution in [1.82, 2.24) is 5.32 Å². The maximum absolute atomic E-state index is 9.60. The van der Waals surface area contributed by atoms with E-state index in [0.717, 1.165) is 39.1 Å². The minimum absolute atomic E-state index is 0.0768. The topological polar surface area (TPSA) is 60.0 Å². The predicted molar refractivity (Wildman–Crippen MR) is 79.0 cm³/mol. The molecule has 0 aromatic heterocycles. The molecule has 2 N–H and O–H groups in total. The maximum atomic E-state index is 9.60. The number of methoxy groups -OCH3 is 1. The van der Waals surface area contributed by atoms with E-state index in [2.05, 4.69) is 5.32 Å². The van der Waals surface area contributed by atoms with E-state index in [4.69, 9.17) is 14.2 Å². The molecule has 120 valence electrons. The van der Waals surface area contributed by atoms with Crippen LogP contribution in [0.1, 0.15) is 32.1 Å². The minimum Gasteiger partial charge on any atom is -0.394 e. The third-order valence-corrected chi connectivity index (χ3v) is 4.36. The zero-order valence-electron chi connectivity index (χ0n) is 13.0. The lowest BCUT2D eigenvalue weighted by atomic mass is 9.86. The van der Waals surface area contributed by atoms with E-state index >= 15 is 0 Å². The molecule has 0 amide bonds. The molecule has 5 nitrogen and oxygen atoms in total. The fraction of sp³-hybridized carbons (Fsp3) is 1.00. The molecule has 1 rings (SSSR count). The second kappa shape index (κ2) is 10.5. The van der Waals surface area contributed by atoms with Crippen molar-refractivity contribution in [3.8, 4) is 0 Å². The highest BCUT2D eigenvalue weighted by Crippen LogP contribution is 2.37. The first-order valence-electron chi connectivity index (χ1n) is 7.73. The molecule has 0 aromatic carbocycles. The van der Waals surface area contributed by atoms with Gasteiger partial charge in [0.2, 0.25) is 0 Å². The normalized spacial score (nSPS) is 26.2. The lowest BCUT2D eigenvalue weighted by Crippen LogP contribution is -2.49. The summed E-state index contributed by atoms with van der Waals surface area (Å²) in [4.78, 5) is 0. The summed E-state index contributed by atoms with van der Waals surface area (Å²) in [5, 5.41) is 12.9. The molecular weight excluding hydrogens is 258 g/mol. The Morgan fingerprint density at radius 1 is 1.15 bits per heavy atom. The van der Waals surface area contributed by atoms with Gasteiger partial charge in [0.1, 0.15) is 0 Å². The van der Waals surface area contributed by atoms with Gasteiger partial charge in [-0.15, -0.1) is 0 Å². The molecule has 0 aromatic rings. The standard InChI is InChI=1S/C15H31NO4/c1-16-15(13-17)7-3-5-14(15)6-10-19-8-4-9-20-12-11-18-2/h14,16-17H,3-13H2,1-2H3. The Bertz CT molecular complexity index is 234. The Hall–Kier alpha value is -0.200. The van der Waals surface area contributed by atoms with Crippen LogP contribution in [0.3, 0.4) is 0 Å². The molecule has 1 fully saturated rings. The van der Waals surface area contributed by atoms with Crippen molar-refractivity contribution in [2.24, 2.45) is 5.92 Å². The average molecular weight is 289 g/mol. The molecule has 0 saturated heterocycles. The first-order valence-corrected chi connectivity index (χ1v) is 7.73. The van der Waals surface area contributed by atoms with Crippen LogP contribution in [0.2, 0.25) is 0 Å². The Balaban J connectivity index is 2.01. The summed E-state index contributed by atoms with van der Waals surface area (Å²) in [7, 11) is 3.62. The highest BCUT2D eigenvalue weighted by molar-refractivity contribution is 4.97. The highest BCUT2D eigenvalue weighted by Gasteiger charge is 2.40. The number of aliphatic hydroxyl groups excluding tert-OH is 1. The van der Waals surface area contributed by atoms with Crippen LogP contribution in [0, 0.1) is 5.92 Å². The van der Waals surface area contributed by atoms with Gasteiger partial charge in [-0.1, -0.05) is 6.42 Å². The average Bonchev–Trinajstić information content (AvgIpc) is 2.89. The second-order valence-corrected chi connectivity index (χ2v) is 5.51. The van der Waals surface area contributed by atoms with E-state index in [0.29, 0.717) is 19.1 Å². The Labute approximate surface area is 123 Å². The second-order valence-electron chi connectivity index (χ2n) is 5.51. The number of hydrogen-bond acceptors (Lipinski definition) is 5. The Kier molecular flexibility index (Phi) is 9.39. The zero-order valence-corrected chi connectivity index (χ0v) is 13.0.